The van der Waals surface area contributed by atoms with Crippen LogP contribution in [0.15, 0.2) is 0 Å². The third kappa shape index (κ3) is 3.70. The predicted octanol–water partition coefficient (Wildman–Crippen LogP) is 1.67. The van der Waals surface area contributed by atoms with Crippen molar-refractivity contribution in [2.75, 3.05) is 6.61 Å². The Kier molecular flexibility index (Phi) is 3.28. The van der Waals surface area contributed by atoms with Gasteiger partial charge in [-0.1, -0.05) is 6.92 Å². The first kappa shape index (κ1) is 12.3. The van der Waals surface area contributed by atoms with E-state index in [0.717, 1.165) is 12.8 Å². The van der Waals surface area contributed by atoms with Crippen molar-refractivity contribution in [3.8, 4) is 0 Å². The molecule has 0 heterocycles. The average molecular weight is 215 g/mol. The van der Waals surface area contributed by atoms with Crippen molar-refractivity contribution >= 4 is 6.09 Å². The van der Waals surface area contributed by atoms with E-state index in [1.165, 1.54) is 0 Å². The second-order valence-electron chi connectivity index (χ2n) is 5.72. The minimum Gasteiger partial charge on any atom is -0.444 e. The molecule has 0 spiro atoms. The summed E-state index contributed by atoms with van der Waals surface area (Å²) >= 11 is 0. The zero-order valence-electron chi connectivity index (χ0n) is 9.96. The molecule has 4 heteroatoms. The highest BCUT2D eigenvalue weighted by molar-refractivity contribution is 5.68. The molecule has 0 aromatic heterocycles. The van der Waals surface area contributed by atoms with Gasteiger partial charge in [0.15, 0.2) is 0 Å². The summed E-state index contributed by atoms with van der Waals surface area (Å²) in [6.45, 7) is 7.71. The van der Waals surface area contributed by atoms with Crippen LogP contribution < -0.4 is 5.32 Å². The first-order valence-corrected chi connectivity index (χ1v) is 5.34. The molecule has 0 atom stereocenters. The van der Waals surface area contributed by atoms with Gasteiger partial charge in [0.2, 0.25) is 0 Å². The van der Waals surface area contributed by atoms with Gasteiger partial charge in [-0.05, 0) is 39.0 Å². The molecular formula is C11H21NO3. The third-order valence-electron chi connectivity index (χ3n) is 2.58. The van der Waals surface area contributed by atoms with Gasteiger partial charge in [-0.15, -0.1) is 0 Å². The van der Waals surface area contributed by atoms with Gasteiger partial charge < -0.3 is 15.2 Å². The summed E-state index contributed by atoms with van der Waals surface area (Å²) in [6, 6.07) is 0.150. The van der Waals surface area contributed by atoms with Gasteiger partial charge in [0, 0.05) is 12.6 Å². The van der Waals surface area contributed by atoms with E-state index in [0.29, 0.717) is 0 Å². The normalized spacial score (nSPS) is 30.6. The number of carbonyl (C=O) groups excluding carboxylic acids is 1. The monoisotopic (exact) mass is 215 g/mol. The fourth-order valence-electron chi connectivity index (χ4n) is 1.84. The molecule has 88 valence electrons. The Morgan fingerprint density at radius 2 is 2.07 bits per heavy atom. The topological polar surface area (TPSA) is 58.6 Å². The van der Waals surface area contributed by atoms with Crippen LogP contribution in [0, 0.1) is 5.41 Å². The lowest BCUT2D eigenvalue weighted by Gasteiger charge is -2.44. The van der Waals surface area contributed by atoms with Crippen molar-refractivity contribution < 1.29 is 14.6 Å². The van der Waals surface area contributed by atoms with E-state index < -0.39 is 5.60 Å². The van der Waals surface area contributed by atoms with Crippen molar-refractivity contribution in [3.63, 3.8) is 0 Å². The molecule has 4 nitrogen and oxygen atoms in total. The number of nitrogens with one attached hydrogen (secondary N) is 1. The fourth-order valence-corrected chi connectivity index (χ4v) is 1.84. The molecule has 1 aliphatic carbocycles. The first-order chi connectivity index (χ1) is 6.74. The molecule has 0 aromatic rings. The van der Waals surface area contributed by atoms with Gasteiger partial charge in [-0.3, -0.25) is 0 Å². The zero-order chi connectivity index (χ0) is 11.7. The number of hydrogen-bond acceptors (Lipinski definition) is 3. The summed E-state index contributed by atoms with van der Waals surface area (Å²) < 4.78 is 5.13. The molecule has 0 aliphatic heterocycles. The zero-order valence-corrected chi connectivity index (χ0v) is 9.96. The van der Waals surface area contributed by atoms with Crippen LogP contribution in [0.2, 0.25) is 0 Å². The molecule has 15 heavy (non-hydrogen) atoms. The summed E-state index contributed by atoms with van der Waals surface area (Å²) in [5.74, 6) is 0. The van der Waals surface area contributed by atoms with Crippen LogP contribution in [-0.4, -0.2) is 29.4 Å². The number of aliphatic hydroxyl groups is 1. The molecule has 1 amide bonds. The third-order valence-corrected chi connectivity index (χ3v) is 2.58. The van der Waals surface area contributed by atoms with Crippen LogP contribution in [0.25, 0.3) is 0 Å². The Hall–Kier alpha value is -0.770. The summed E-state index contributed by atoms with van der Waals surface area (Å²) in [4.78, 5) is 11.4. The Morgan fingerprint density at radius 3 is 2.47 bits per heavy atom. The van der Waals surface area contributed by atoms with Crippen molar-refractivity contribution in [1.82, 2.24) is 5.32 Å². The number of rotatable bonds is 2. The number of ether oxygens (including phenoxy) is 1. The van der Waals surface area contributed by atoms with E-state index >= 15 is 0 Å². The van der Waals surface area contributed by atoms with Gasteiger partial charge in [0.25, 0.3) is 0 Å². The lowest BCUT2D eigenvalue weighted by molar-refractivity contribution is 0.0148. The molecule has 1 rings (SSSR count). The number of alkyl carbamates (subject to hydrolysis) is 1. The molecule has 0 radical (unpaired) electrons. The quantitative estimate of drug-likeness (QED) is 0.736. The van der Waals surface area contributed by atoms with E-state index in [2.05, 4.69) is 5.32 Å². The Labute approximate surface area is 91.0 Å². The van der Waals surface area contributed by atoms with E-state index in [4.69, 9.17) is 9.84 Å². The van der Waals surface area contributed by atoms with Crippen LogP contribution in [0.4, 0.5) is 4.79 Å². The van der Waals surface area contributed by atoms with E-state index in [-0.39, 0.29) is 24.2 Å². The van der Waals surface area contributed by atoms with Crippen LogP contribution in [-0.2, 0) is 4.74 Å². The van der Waals surface area contributed by atoms with Gasteiger partial charge in [0.1, 0.15) is 5.60 Å². The summed E-state index contributed by atoms with van der Waals surface area (Å²) in [7, 11) is 0. The molecule has 0 aromatic carbocycles. The second-order valence-corrected chi connectivity index (χ2v) is 5.72. The van der Waals surface area contributed by atoms with Gasteiger partial charge >= 0.3 is 6.09 Å². The van der Waals surface area contributed by atoms with E-state index in [9.17, 15) is 4.79 Å². The predicted molar refractivity (Wildman–Crippen MR) is 57.6 cm³/mol. The summed E-state index contributed by atoms with van der Waals surface area (Å²) in [5.41, 5.74) is -0.464. The Balaban J connectivity index is 2.25. The molecule has 0 bridgehead atoms. The summed E-state index contributed by atoms with van der Waals surface area (Å²) in [5, 5.41) is 11.8. The Bertz CT molecular complexity index is 239. The van der Waals surface area contributed by atoms with E-state index in [1.54, 1.807) is 0 Å². The highest BCUT2D eigenvalue weighted by Crippen LogP contribution is 2.39. The van der Waals surface area contributed by atoms with Crippen molar-refractivity contribution in [3.05, 3.63) is 0 Å². The van der Waals surface area contributed by atoms with E-state index in [1.807, 2.05) is 27.7 Å². The van der Waals surface area contributed by atoms with Gasteiger partial charge in [0.05, 0.1) is 0 Å². The largest absolute Gasteiger partial charge is 0.444 e. The number of hydrogen-bond donors (Lipinski definition) is 2. The van der Waals surface area contributed by atoms with Gasteiger partial charge in [-0.25, -0.2) is 4.79 Å². The molecule has 1 aliphatic rings. The maximum atomic E-state index is 11.4. The number of amides is 1. The SMILES string of the molecule is CC(C)(C)OC(=O)N[C@H]1C[C@@](C)(CO)C1. The summed E-state index contributed by atoms with van der Waals surface area (Å²) in [6.07, 6.45) is 1.28. The molecule has 0 saturated heterocycles. The fraction of sp³-hybridized carbons (Fsp3) is 0.909. The van der Waals surface area contributed by atoms with Crippen LogP contribution in [0.3, 0.4) is 0 Å². The molecule has 1 saturated carbocycles. The second kappa shape index (κ2) is 4.00. The smallest absolute Gasteiger partial charge is 0.407 e. The van der Waals surface area contributed by atoms with Crippen LogP contribution in [0.5, 0.6) is 0 Å². The van der Waals surface area contributed by atoms with Gasteiger partial charge in [-0.2, -0.15) is 0 Å². The maximum Gasteiger partial charge on any atom is 0.407 e. The highest BCUT2D eigenvalue weighted by Gasteiger charge is 2.40. The molecule has 2 N–H and O–H groups in total. The Morgan fingerprint density at radius 1 is 1.53 bits per heavy atom. The highest BCUT2D eigenvalue weighted by atomic mass is 16.6. The van der Waals surface area contributed by atoms with Crippen molar-refractivity contribution in [2.45, 2.75) is 52.2 Å². The maximum absolute atomic E-state index is 11.4. The minimum absolute atomic E-state index is 0.0142. The number of carbonyl (C=O) groups is 1. The van der Waals surface area contributed by atoms with Crippen LogP contribution in [0.1, 0.15) is 40.5 Å². The van der Waals surface area contributed by atoms with Crippen molar-refractivity contribution in [2.24, 2.45) is 5.41 Å². The van der Waals surface area contributed by atoms with Crippen LogP contribution >= 0.6 is 0 Å². The lowest BCUT2D eigenvalue weighted by atomic mass is 9.67. The number of aliphatic hydroxyl groups excluding tert-OH is 1. The molecule has 0 unspecified atom stereocenters. The average Bonchev–Trinajstić information content (AvgIpc) is 1.97. The molecular weight excluding hydrogens is 194 g/mol. The minimum atomic E-state index is -0.450. The standard InChI is InChI=1S/C11H21NO3/c1-10(2,3)15-9(14)12-8-5-11(4,6-8)7-13/h8,13H,5-7H2,1-4H3,(H,12,14)/t8-,11+. The van der Waals surface area contributed by atoms with Crippen molar-refractivity contribution in [1.29, 1.82) is 0 Å². The first-order valence-electron chi connectivity index (χ1n) is 5.34. The lowest BCUT2D eigenvalue weighted by Crippen LogP contribution is -2.51. The molecule has 1 fully saturated rings.